The zero-order valence-electron chi connectivity index (χ0n) is 14.5. The van der Waals surface area contributed by atoms with Crippen molar-refractivity contribution in [3.05, 3.63) is 42.7 Å². The molecule has 0 aromatic heterocycles. The maximum Gasteiger partial charge on any atom is 0.228 e. The van der Waals surface area contributed by atoms with Crippen LogP contribution in [0.2, 0.25) is 0 Å². The maximum atomic E-state index is 15.2. The van der Waals surface area contributed by atoms with Crippen LogP contribution in [0.3, 0.4) is 0 Å². The van der Waals surface area contributed by atoms with Crippen molar-refractivity contribution in [3.63, 3.8) is 0 Å². The van der Waals surface area contributed by atoms with Crippen molar-refractivity contribution in [1.82, 2.24) is 4.72 Å². The normalized spacial score (nSPS) is 22.0. The van der Waals surface area contributed by atoms with E-state index in [-0.39, 0.29) is 4.90 Å². The SMILES string of the molecule is CC(C)(C)[S+]([O-])NC(C(F)S(=O)(=O)c1ccccc1)[C@@H]1CCC=CO1. The average Bonchev–Trinajstić information content (AvgIpc) is 2.59. The number of rotatable bonds is 6. The van der Waals surface area contributed by atoms with Crippen LogP contribution in [0.1, 0.15) is 33.6 Å². The van der Waals surface area contributed by atoms with Gasteiger partial charge in [0.1, 0.15) is 16.9 Å². The third kappa shape index (κ3) is 4.97. The Bertz CT molecular complexity index is 688. The van der Waals surface area contributed by atoms with E-state index in [1.54, 1.807) is 32.9 Å². The highest BCUT2D eigenvalue weighted by atomic mass is 32.2. The van der Waals surface area contributed by atoms with Crippen molar-refractivity contribution in [1.29, 1.82) is 0 Å². The summed E-state index contributed by atoms with van der Waals surface area (Å²) in [5.74, 6) is 0. The fourth-order valence-corrected chi connectivity index (χ4v) is 4.73. The lowest BCUT2D eigenvalue weighted by molar-refractivity contribution is 0.0758. The summed E-state index contributed by atoms with van der Waals surface area (Å²) in [6.45, 7) is 5.19. The van der Waals surface area contributed by atoms with Gasteiger partial charge in [-0.15, -0.1) is 4.72 Å². The van der Waals surface area contributed by atoms with Gasteiger partial charge in [-0.25, -0.2) is 12.8 Å². The summed E-state index contributed by atoms with van der Waals surface area (Å²) >= 11 is -1.64. The average molecular weight is 390 g/mol. The van der Waals surface area contributed by atoms with Crippen molar-refractivity contribution in [2.75, 3.05) is 0 Å². The third-order valence-corrected chi connectivity index (χ3v) is 7.23. The standard InChI is InChI=1S/C17H24FNO4S2/c1-17(2,3)24(20)19-15(14-11-7-8-12-23-14)16(18)25(21,22)13-9-5-4-6-10-13/h4-6,8-10,12,14-16,19H,7,11H2,1-3H3/t14-,15?,16?,24?/m0/s1. The molecule has 0 spiro atoms. The van der Waals surface area contributed by atoms with Gasteiger partial charge in [0, 0.05) is 11.4 Å². The Hall–Kier alpha value is -1.09. The molecule has 140 valence electrons. The maximum absolute atomic E-state index is 15.2. The van der Waals surface area contributed by atoms with E-state index >= 15 is 4.39 Å². The van der Waals surface area contributed by atoms with Crippen LogP contribution in [-0.2, 0) is 25.9 Å². The first-order valence-corrected chi connectivity index (χ1v) is 10.7. The molecule has 0 radical (unpaired) electrons. The largest absolute Gasteiger partial charge is 0.598 e. The predicted molar refractivity (Wildman–Crippen MR) is 96.6 cm³/mol. The number of ether oxygens (including phenoxy) is 1. The topological polar surface area (TPSA) is 78.5 Å². The minimum Gasteiger partial charge on any atom is -0.598 e. The van der Waals surface area contributed by atoms with E-state index in [0.717, 1.165) is 0 Å². The van der Waals surface area contributed by atoms with Gasteiger partial charge in [0.2, 0.25) is 15.3 Å². The predicted octanol–water partition coefficient (Wildman–Crippen LogP) is 2.87. The van der Waals surface area contributed by atoms with E-state index in [1.165, 1.54) is 30.5 Å². The summed E-state index contributed by atoms with van der Waals surface area (Å²) in [5.41, 5.74) is -2.28. The van der Waals surface area contributed by atoms with Crippen LogP contribution in [0.4, 0.5) is 4.39 Å². The van der Waals surface area contributed by atoms with Gasteiger partial charge in [0.15, 0.2) is 0 Å². The Kier molecular flexibility index (Phi) is 6.53. The van der Waals surface area contributed by atoms with Gasteiger partial charge in [0.25, 0.3) is 0 Å². The summed E-state index contributed by atoms with van der Waals surface area (Å²) < 4.78 is 60.4. The second-order valence-electron chi connectivity index (χ2n) is 6.86. The number of allylic oxidation sites excluding steroid dienone is 1. The molecule has 1 heterocycles. The molecule has 3 unspecified atom stereocenters. The lowest BCUT2D eigenvalue weighted by Gasteiger charge is -2.33. The Balaban J connectivity index is 2.32. The van der Waals surface area contributed by atoms with E-state index in [2.05, 4.69) is 4.72 Å². The van der Waals surface area contributed by atoms with E-state index < -0.39 is 43.6 Å². The van der Waals surface area contributed by atoms with Gasteiger partial charge in [0.05, 0.1) is 11.2 Å². The van der Waals surface area contributed by atoms with Crippen LogP contribution in [-0.4, -0.2) is 35.4 Å². The van der Waals surface area contributed by atoms with Crippen LogP contribution in [0.15, 0.2) is 47.6 Å². The molecule has 0 fully saturated rings. The van der Waals surface area contributed by atoms with E-state index in [9.17, 15) is 13.0 Å². The molecule has 0 saturated carbocycles. The van der Waals surface area contributed by atoms with Crippen molar-refractivity contribution in [2.45, 2.75) is 60.9 Å². The molecule has 0 amide bonds. The molecule has 25 heavy (non-hydrogen) atoms. The van der Waals surface area contributed by atoms with Crippen molar-refractivity contribution in [2.24, 2.45) is 0 Å². The van der Waals surface area contributed by atoms with Gasteiger partial charge in [-0.1, -0.05) is 18.2 Å². The molecule has 1 aromatic carbocycles. The zero-order chi connectivity index (χ0) is 18.7. The molecular weight excluding hydrogens is 365 g/mol. The molecule has 1 aliphatic rings. The number of sulfone groups is 1. The van der Waals surface area contributed by atoms with Gasteiger partial charge in [-0.2, -0.15) is 0 Å². The minimum atomic E-state index is -4.25. The molecule has 0 bridgehead atoms. The summed E-state index contributed by atoms with van der Waals surface area (Å²) in [5, 5.41) is 0. The second kappa shape index (κ2) is 8.07. The first kappa shape index (κ1) is 20.2. The quantitative estimate of drug-likeness (QED) is 0.757. The summed E-state index contributed by atoms with van der Waals surface area (Å²) in [6.07, 6.45) is 3.59. The van der Waals surface area contributed by atoms with Gasteiger partial charge in [-0.3, -0.25) is 0 Å². The fraction of sp³-hybridized carbons (Fsp3) is 0.529. The van der Waals surface area contributed by atoms with Crippen LogP contribution in [0.25, 0.3) is 0 Å². The van der Waals surface area contributed by atoms with Crippen LogP contribution < -0.4 is 4.72 Å². The summed E-state index contributed by atoms with van der Waals surface area (Å²) in [6, 6.07) is 6.19. The summed E-state index contributed by atoms with van der Waals surface area (Å²) in [7, 11) is -4.25. The number of nitrogens with one attached hydrogen (secondary N) is 1. The Morgan fingerprint density at radius 3 is 2.48 bits per heavy atom. The number of alkyl halides is 1. The molecule has 0 aliphatic carbocycles. The molecule has 4 atom stereocenters. The highest BCUT2D eigenvalue weighted by molar-refractivity contribution is 7.92. The van der Waals surface area contributed by atoms with Gasteiger partial charge < -0.3 is 9.29 Å². The Labute approximate surface area is 151 Å². The third-order valence-electron chi connectivity index (χ3n) is 3.82. The number of benzene rings is 1. The molecule has 2 rings (SSSR count). The molecule has 1 aliphatic heterocycles. The minimum absolute atomic E-state index is 0.109. The fourth-order valence-electron chi connectivity index (χ4n) is 2.35. The Morgan fingerprint density at radius 2 is 1.96 bits per heavy atom. The van der Waals surface area contributed by atoms with Crippen LogP contribution in [0.5, 0.6) is 0 Å². The molecular formula is C17H24FNO4S2. The highest BCUT2D eigenvalue weighted by Gasteiger charge is 2.44. The van der Waals surface area contributed by atoms with Crippen LogP contribution >= 0.6 is 0 Å². The van der Waals surface area contributed by atoms with Crippen molar-refractivity contribution in [3.8, 4) is 0 Å². The smallest absolute Gasteiger partial charge is 0.228 e. The van der Waals surface area contributed by atoms with Gasteiger partial charge in [-0.05, 0) is 51.8 Å². The molecule has 1 N–H and O–H groups in total. The molecule has 1 aromatic rings. The Morgan fingerprint density at radius 1 is 1.32 bits per heavy atom. The van der Waals surface area contributed by atoms with Crippen molar-refractivity contribution >= 4 is 21.2 Å². The van der Waals surface area contributed by atoms with Crippen LogP contribution in [0, 0.1) is 0 Å². The lowest BCUT2D eigenvalue weighted by atomic mass is 10.1. The summed E-state index contributed by atoms with van der Waals surface area (Å²) in [4.78, 5) is -0.109. The van der Waals surface area contributed by atoms with E-state index in [1.807, 2.05) is 0 Å². The van der Waals surface area contributed by atoms with E-state index in [0.29, 0.717) is 12.8 Å². The van der Waals surface area contributed by atoms with Gasteiger partial charge >= 0.3 is 0 Å². The first-order chi connectivity index (χ1) is 11.6. The molecule has 5 nitrogen and oxygen atoms in total. The monoisotopic (exact) mass is 389 g/mol. The molecule has 8 heteroatoms. The number of hydrogen-bond acceptors (Lipinski definition) is 5. The highest BCUT2D eigenvalue weighted by Crippen LogP contribution is 2.27. The first-order valence-electron chi connectivity index (χ1n) is 8.05. The number of hydrogen-bond donors (Lipinski definition) is 1. The van der Waals surface area contributed by atoms with Crippen molar-refractivity contribution < 1.29 is 22.1 Å². The number of halogens is 1. The van der Waals surface area contributed by atoms with E-state index in [4.69, 9.17) is 4.74 Å². The lowest BCUT2D eigenvalue weighted by Crippen LogP contribution is -2.55. The second-order valence-corrected chi connectivity index (χ2v) is 10.9. The molecule has 0 saturated heterocycles. The zero-order valence-corrected chi connectivity index (χ0v) is 16.1.